The standard InChI is InChI=1S/C14H18BrNO2/c1-2-18-14(17)16-10-4-3-5-13(16)11-6-8-12(15)9-7-11/h6-9,13H,2-5,10H2,1H3. The first-order valence-corrected chi connectivity index (χ1v) is 7.20. The average molecular weight is 312 g/mol. The second-order valence-electron chi connectivity index (χ2n) is 4.46. The molecule has 1 aromatic rings. The van der Waals surface area contributed by atoms with Gasteiger partial charge in [0.05, 0.1) is 12.6 Å². The van der Waals surface area contributed by atoms with E-state index in [-0.39, 0.29) is 12.1 Å². The number of amides is 1. The average Bonchev–Trinajstić information content (AvgIpc) is 2.40. The highest BCUT2D eigenvalue weighted by atomic mass is 79.9. The molecule has 1 atom stereocenters. The van der Waals surface area contributed by atoms with Crippen molar-refractivity contribution in [1.29, 1.82) is 0 Å². The minimum Gasteiger partial charge on any atom is -0.450 e. The molecule has 1 amide bonds. The molecule has 1 saturated heterocycles. The van der Waals surface area contributed by atoms with E-state index < -0.39 is 0 Å². The zero-order valence-corrected chi connectivity index (χ0v) is 12.1. The molecule has 1 aliphatic rings. The Balaban J connectivity index is 2.17. The largest absolute Gasteiger partial charge is 0.450 e. The van der Waals surface area contributed by atoms with Crippen LogP contribution in [-0.4, -0.2) is 24.1 Å². The number of likely N-dealkylation sites (tertiary alicyclic amines) is 1. The molecule has 18 heavy (non-hydrogen) atoms. The van der Waals surface area contributed by atoms with Crippen molar-refractivity contribution in [3.05, 3.63) is 34.3 Å². The van der Waals surface area contributed by atoms with Crippen molar-refractivity contribution in [2.24, 2.45) is 0 Å². The van der Waals surface area contributed by atoms with Crippen molar-refractivity contribution >= 4 is 22.0 Å². The Hall–Kier alpha value is -1.03. The summed E-state index contributed by atoms with van der Waals surface area (Å²) in [5.74, 6) is 0. The van der Waals surface area contributed by atoms with E-state index in [1.807, 2.05) is 24.0 Å². The minimum absolute atomic E-state index is 0.158. The van der Waals surface area contributed by atoms with Gasteiger partial charge >= 0.3 is 6.09 Å². The monoisotopic (exact) mass is 311 g/mol. The number of rotatable bonds is 2. The highest BCUT2D eigenvalue weighted by Crippen LogP contribution is 2.31. The lowest BCUT2D eigenvalue weighted by Crippen LogP contribution is -2.38. The SMILES string of the molecule is CCOC(=O)N1CCCCC1c1ccc(Br)cc1. The Labute approximate surface area is 116 Å². The third-order valence-electron chi connectivity index (χ3n) is 3.26. The molecule has 1 fully saturated rings. The predicted octanol–water partition coefficient (Wildman–Crippen LogP) is 4.13. The van der Waals surface area contributed by atoms with Crippen molar-refractivity contribution in [2.75, 3.05) is 13.2 Å². The van der Waals surface area contributed by atoms with Gasteiger partial charge in [0.1, 0.15) is 0 Å². The fraction of sp³-hybridized carbons (Fsp3) is 0.500. The molecule has 0 bridgehead atoms. The Morgan fingerprint density at radius 2 is 2.11 bits per heavy atom. The summed E-state index contributed by atoms with van der Waals surface area (Å²) in [7, 11) is 0. The lowest BCUT2D eigenvalue weighted by atomic mass is 9.96. The molecule has 0 aromatic heterocycles. The summed E-state index contributed by atoms with van der Waals surface area (Å²) >= 11 is 3.43. The number of halogens is 1. The van der Waals surface area contributed by atoms with Crippen LogP contribution in [0.1, 0.15) is 37.8 Å². The van der Waals surface area contributed by atoms with E-state index in [9.17, 15) is 4.79 Å². The second kappa shape index (κ2) is 6.23. The van der Waals surface area contributed by atoms with Crippen molar-refractivity contribution < 1.29 is 9.53 Å². The third kappa shape index (κ3) is 3.05. The number of carbonyl (C=O) groups is 1. The van der Waals surface area contributed by atoms with Crippen molar-refractivity contribution in [3.63, 3.8) is 0 Å². The maximum atomic E-state index is 11.9. The van der Waals surface area contributed by atoms with E-state index >= 15 is 0 Å². The topological polar surface area (TPSA) is 29.5 Å². The molecule has 4 heteroatoms. The lowest BCUT2D eigenvalue weighted by molar-refractivity contribution is 0.0766. The minimum atomic E-state index is -0.190. The highest BCUT2D eigenvalue weighted by Gasteiger charge is 2.28. The van der Waals surface area contributed by atoms with Crippen LogP contribution in [0.3, 0.4) is 0 Å². The smallest absolute Gasteiger partial charge is 0.410 e. The number of hydrogen-bond donors (Lipinski definition) is 0. The predicted molar refractivity (Wildman–Crippen MR) is 74.5 cm³/mol. The molecule has 1 unspecified atom stereocenters. The molecule has 0 N–H and O–H groups in total. The van der Waals surface area contributed by atoms with E-state index in [1.165, 1.54) is 5.56 Å². The number of hydrogen-bond acceptors (Lipinski definition) is 2. The zero-order valence-electron chi connectivity index (χ0n) is 10.6. The fourth-order valence-electron chi connectivity index (χ4n) is 2.39. The Morgan fingerprint density at radius 1 is 1.39 bits per heavy atom. The first-order chi connectivity index (χ1) is 8.72. The Bertz CT molecular complexity index is 405. The molecule has 1 aromatic carbocycles. The van der Waals surface area contributed by atoms with E-state index in [0.29, 0.717) is 6.61 Å². The molecule has 0 spiro atoms. The van der Waals surface area contributed by atoms with Gasteiger partial charge in [-0.05, 0) is 43.9 Å². The van der Waals surface area contributed by atoms with Crippen LogP contribution in [0.25, 0.3) is 0 Å². The van der Waals surface area contributed by atoms with Gasteiger partial charge in [0, 0.05) is 11.0 Å². The number of benzene rings is 1. The van der Waals surface area contributed by atoms with E-state index in [4.69, 9.17) is 4.74 Å². The number of carbonyl (C=O) groups excluding carboxylic acids is 1. The molecule has 1 aliphatic heterocycles. The van der Waals surface area contributed by atoms with Crippen LogP contribution in [-0.2, 0) is 4.74 Å². The lowest BCUT2D eigenvalue weighted by Gasteiger charge is -2.35. The van der Waals surface area contributed by atoms with Gasteiger partial charge in [-0.1, -0.05) is 28.1 Å². The molecule has 0 saturated carbocycles. The van der Waals surface area contributed by atoms with E-state index in [2.05, 4.69) is 28.1 Å². The third-order valence-corrected chi connectivity index (χ3v) is 3.79. The summed E-state index contributed by atoms with van der Waals surface area (Å²) in [6.45, 7) is 3.07. The molecule has 98 valence electrons. The normalized spacial score (nSPS) is 19.7. The van der Waals surface area contributed by atoms with Gasteiger partial charge in [-0.2, -0.15) is 0 Å². The van der Waals surface area contributed by atoms with Crippen molar-refractivity contribution in [2.45, 2.75) is 32.2 Å². The summed E-state index contributed by atoms with van der Waals surface area (Å²) < 4.78 is 6.19. The summed E-state index contributed by atoms with van der Waals surface area (Å²) in [4.78, 5) is 13.8. The number of nitrogens with zero attached hydrogens (tertiary/aromatic N) is 1. The summed E-state index contributed by atoms with van der Waals surface area (Å²) in [6, 6.07) is 8.35. The van der Waals surface area contributed by atoms with Crippen molar-refractivity contribution in [3.8, 4) is 0 Å². The Morgan fingerprint density at radius 3 is 2.78 bits per heavy atom. The summed E-state index contributed by atoms with van der Waals surface area (Å²) in [5.41, 5.74) is 1.19. The number of ether oxygens (including phenoxy) is 1. The number of piperidine rings is 1. The molecule has 1 heterocycles. The van der Waals surface area contributed by atoms with Crippen LogP contribution in [0.4, 0.5) is 4.79 Å². The summed E-state index contributed by atoms with van der Waals surface area (Å²) in [5, 5.41) is 0. The molecule has 0 aliphatic carbocycles. The quantitative estimate of drug-likeness (QED) is 0.821. The van der Waals surface area contributed by atoms with Gasteiger partial charge < -0.3 is 9.64 Å². The van der Waals surface area contributed by atoms with E-state index in [0.717, 1.165) is 30.3 Å². The van der Waals surface area contributed by atoms with Crippen LogP contribution < -0.4 is 0 Å². The second-order valence-corrected chi connectivity index (χ2v) is 5.37. The zero-order chi connectivity index (χ0) is 13.0. The van der Waals surface area contributed by atoms with Gasteiger partial charge in [-0.25, -0.2) is 4.79 Å². The molecule has 3 nitrogen and oxygen atoms in total. The van der Waals surface area contributed by atoms with Gasteiger partial charge in [-0.15, -0.1) is 0 Å². The fourth-order valence-corrected chi connectivity index (χ4v) is 2.65. The maximum absolute atomic E-state index is 11.9. The highest BCUT2D eigenvalue weighted by molar-refractivity contribution is 9.10. The van der Waals surface area contributed by atoms with E-state index in [1.54, 1.807) is 0 Å². The molecular weight excluding hydrogens is 294 g/mol. The van der Waals surface area contributed by atoms with Gasteiger partial charge in [0.2, 0.25) is 0 Å². The van der Waals surface area contributed by atoms with Crippen LogP contribution in [0.5, 0.6) is 0 Å². The van der Waals surface area contributed by atoms with Crippen LogP contribution >= 0.6 is 15.9 Å². The van der Waals surface area contributed by atoms with Crippen LogP contribution in [0, 0.1) is 0 Å². The van der Waals surface area contributed by atoms with Crippen molar-refractivity contribution in [1.82, 2.24) is 4.90 Å². The van der Waals surface area contributed by atoms with Crippen LogP contribution in [0.15, 0.2) is 28.7 Å². The molecule has 2 rings (SSSR count). The van der Waals surface area contributed by atoms with Gasteiger partial charge in [0.25, 0.3) is 0 Å². The first-order valence-electron chi connectivity index (χ1n) is 6.41. The first kappa shape index (κ1) is 13.4. The summed E-state index contributed by atoms with van der Waals surface area (Å²) in [6.07, 6.45) is 3.05. The maximum Gasteiger partial charge on any atom is 0.410 e. The molecule has 0 radical (unpaired) electrons. The van der Waals surface area contributed by atoms with Crippen LogP contribution in [0.2, 0.25) is 0 Å². The van der Waals surface area contributed by atoms with Gasteiger partial charge in [0.15, 0.2) is 0 Å². The Kier molecular flexibility index (Phi) is 4.64. The molecular formula is C14H18BrNO2. The van der Waals surface area contributed by atoms with Gasteiger partial charge in [-0.3, -0.25) is 0 Å².